The molecule has 118 valence electrons. The summed E-state index contributed by atoms with van der Waals surface area (Å²) in [6.45, 7) is 1.68. The largest absolute Gasteiger partial charge is 0.507 e. The summed E-state index contributed by atoms with van der Waals surface area (Å²) in [4.78, 5) is 16.3. The molecule has 2 heterocycles. The van der Waals surface area contributed by atoms with Gasteiger partial charge in [-0.2, -0.15) is 0 Å². The van der Waals surface area contributed by atoms with Crippen molar-refractivity contribution in [3.63, 3.8) is 0 Å². The van der Waals surface area contributed by atoms with Crippen molar-refractivity contribution in [2.45, 2.75) is 6.92 Å². The molecule has 5 nitrogen and oxygen atoms in total. The number of aromatic hydroxyl groups is 1. The van der Waals surface area contributed by atoms with Gasteiger partial charge < -0.3 is 14.3 Å². The number of nitrogens with zero attached hydrogens (tertiary/aromatic N) is 1. The molecule has 4 aromatic rings. The van der Waals surface area contributed by atoms with Crippen molar-refractivity contribution >= 4 is 21.9 Å². The van der Waals surface area contributed by atoms with E-state index < -0.39 is 0 Å². The molecular formula is C19H13NO4. The number of phenolic OH excluding ortho intramolecular Hbond substituents is 1. The lowest BCUT2D eigenvalue weighted by molar-refractivity contribution is 0.458. The Morgan fingerprint density at radius 1 is 1.12 bits per heavy atom. The van der Waals surface area contributed by atoms with Crippen molar-refractivity contribution in [3.05, 3.63) is 70.7 Å². The maximum absolute atomic E-state index is 12.0. The molecule has 0 radical (unpaired) electrons. The molecule has 24 heavy (non-hydrogen) atoms. The summed E-state index contributed by atoms with van der Waals surface area (Å²) in [5.41, 5.74) is 0.808. The molecule has 0 bridgehead atoms. The van der Waals surface area contributed by atoms with E-state index in [2.05, 4.69) is 4.98 Å². The molecule has 0 saturated heterocycles. The molecule has 2 aromatic heterocycles. The molecule has 4 rings (SSSR count). The number of ether oxygens (including phenoxy) is 1. The minimum absolute atomic E-state index is 0.146. The molecule has 1 N–H and O–H groups in total. The quantitative estimate of drug-likeness (QED) is 0.601. The fourth-order valence-corrected chi connectivity index (χ4v) is 2.71. The second-order valence-electron chi connectivity index (χ2n) is 5.47. The normalized spacial score (nSPS) is 11.0. The van der Waals surface area contributed by atoms with Crippen molar-refractivity contribution in [1.29, 1.82) is 0 Å². The Bertz CT molecular complexity index is 1130. The smallest absolute Gasteiger partial charge is 0.196 e. The molecule has 2 aromatic carbocycles. The zero-order valence-corrected chi connectivity index (χ0v) is 12.8. The number of fused-ring (bicyclic) bond motifs is 2. The fraction of sp³-hybridized carbons (Fsp3) is 0.0526. The first-order valence-corrected chi connectivity index (χ1v) is 7.41. The number of para-hydroxylation sites is 1. The highest BCUT2D eigenvalue weighted by Crippen LogP contribution is 2.33. The summed E-state index contributed by atoms with van der Waals surface area (Å²) in [6, 6.07) is 13.7. The number of benzene rings is 2. The van der Waals surface area contributed by atoms with Gasteiger partial charge in [-0.05, 0) is 25.1 Å². The third kappa shape index (κ3) is 2.36. The predicted molar refractivity (Wildman–Crippen MR) is 90.7 cm³/mol. The van der Waals surface area contributed by atoms with Gasteiger partial charge in [0.05, 0.1) is 5.52 Å². The average molecular weight is 319 g/mol. The summed E-state index contributed by atoms with van der Waals surface area (Å²) >= 11 is 0. The maximum atomic E-state index is 12.0. The third-order valence-corrected chi connectivity index (χ3v) is 3.74. The van der Waals surface area contributed by atoms with E-state index >= 15 is 0 Å². The van der Waals surface area contributed by atoms with E-state index in [1.54, 1.807) is 25.3 Å². The van der Waals surface area contributed by atoms with Crippen LogP contribution in [0.15, 0.2) is 63.9 Å². The summed E-state index contributed by atoms with van der Waals surface area (Å²) in [5, 5.41) is 11.2. The van der Waals surface area contributed by atoms with Crippen LogP contribution in [0.2, 0.25) is 0 Å². The van der Waals surface area contributed by atoms with E-state index in [-0.39, 0.29) is 22.1 Å². The first-order chi connectivity index (χ1) is 11.6. The number of hydrogen-bond donors (Lipinski definition) is 1. The summed E-state index contributed by atoms with van der Waals surface area (Å²) in [5.74, 6) is 1.28. The lowest BCUT2D eigenvalue weighted by Gasteiger charge is -2.10. The maximum Gasteiger partial charge on any atom is 0.196 e. The van der Waals surface area contributed by atoms with Gasteiger partial charge >= 0.3 is 0 Å². The Morgan fingerprint density at radius 3 is 2.83 bits per heavy atom. The number of phenols is 1. The summed E-state index contributed by atoms with van der Waals surface area (Å²) in [6.07, 6.45) is 1.66. The van der Waals surface area contributed by atoms with Crippen molar-refractivity contribution in [3.8, 4) is 17.2 Å². The standard InChI is InChI=1S/C19H13NO4/c1-11-8-15(21)19-16(22)9-12(10-18(19)23-11)24-17-6-7-20-14-5-3-2-4-13(14)17/h2-10,22H,1H3. The van der Waals surface area contributed by atoms with Crippen molar-refractivity contribution < 1.29 is 14.3 Å². The molecule has 0 aliphatic heterocycles. The number of rotatable bonds is 2. The molecule has 0 atom stereocenters. The van der Waals surface area contributed by atoms with Gasteiger partial charge in [0.25, 0.3) is 0 Å². The van der Waals surface area contributed by atoms with Crippen LogP contribution in [-0.2, 0) is 0 Å². The van der Waals surface area contributed by atoms with Crippen molar-refractivity contribution in [2.75, 3.05) is 0 Å². The van der Waals surface area contributed by atoms with E-state index in [0.717, 1.165) is 10.9 Å². The second-order valence-corrected chi connectivity index (χ2v) is 5.47. The molecule has 0 aliphatic carbocycles. The minimum Gasteiger partial charge on any atom is -0.507 e. The Kier molecular flexibility index (Phi) is 3.20. The Hall–Kier alpha value is -3.34. The van der Waals surface area contributed by atoms with Crippen LogP contribution in [0.3, 0.4) is 0 Å². The van der Waals surface area contributed by atoms with Gasteiger partial charge in [0.2, 0.25) is 0 Å². The van der Waals surface area contributed by atoms with E-state index in [9.17, 15) is 9.90 Å². The molecule has 0 saturated carbocycles. The highest BCUT2D eigenvalue weighted by molar-refractivity contribution is 5.86. The fourth-order valence-electron chi connectivity index (χ4n) is 2.71. The highest BCUT2D eigenvalue weighted by Gasteiger charge is 2.12. The van der Waals surface area contributed by atoms with Gasteiger partial charge in [-0.1, -0.05) is 12.1 Å². The van der Waals surface area contributed by atoms with E-state index in [1.807, 2.05) is 24.3 Å². The monoisotopic (exact) mass is 319 g/mol. The molecule has 0 aliphatic rings. The molecule has 0 spiro atoms. The van der Waals surface area contributed by atoms with Crippen LogP contribution in [-0.4, -0.2) is 10.1 Å². The number of hydrogen-bond acceptors (Lipinski definition) is 5. The zero-order valence-electron chi connectivity index (χ0n) is 12.8. The number of aryl methyl sites for hydroxylation is 1. The summed E-state index contributed by atoms with van der Waals surface area (Å²) in [7, 11) is 0. The SMILES string of the molecule is Cc1cc(=O)c2c(O)cc(Oc3ccnc4ccccc34)cc2o1. The van der Waals surface area contributed by atoms with Crippen molar-refractivity contribution in [1.82, 2.24) is 4.98 Å². The van der Waals surface area contributed by atoms with Crippen LogP contribution < -0.4 is 10.2 Å². The van der Waals surface area contributed by atoms with Gasteiger partial charge in [-0.25, -0.2) is 0 Å². The van der Waals surface area contributed by atoms with Crippen LogP contribution in [0.4, 0.5) is 0 Å². The van der Waals surface area contributed by atoms with E-state index in [0.29, 0.717) is 17.3 Å². The summed E-state index contributed by atoms with van der Waals surface area (Å²) < 4.78 is 11.4. The van der Waals surface area contributed by atoms with Gasteiger partial charge in [0.1, 0.15) is 34.0 Å². The number of aromatic nitrogens is 1. The van der Waals surface area contributed by atoms with Crippen LogP contribution in [0.1, 0.15) is 5.76 Å². The first-order valence-electron chi connectivity index (χ1n) is 7.41. The van der Waals surface area contributed by atoms with Crippen LogP contribution in [0.25, 0.3) is 21.9 Å². The van der Waals surface area contributed by atoms with E-state index in [4.69, 9.17) is 9.15 Å². The third-order valence-electron chi connectivity index (χ3n) is 3.74. The molecular weight excluding hydrogens is 306 g/mol. The van der Waals surface area contributed by atoms with Gasteiger partial charge in [-0.15, -0.1) is 0 Å². The highest BCUT2D eigenvalue weighted by atomic mass is 16.5. The average Bonchev–Trinajstić information content (AvgIpc) is 2.54. The lowest BCUT2D eigenvalue weighted by Crippen LogP contribution is -2.01. The molecule has 0 fully saturated rings. The van der Waals surface area contributed by atoms with Crippen LogP contribution in [0, 0.1) is 6.92 Å². The first kappa shape index (κ1) is 14.3. The Balaban J connectivity index is 1.86. The minimum atomic E-state index is -0.285. The predicted octanol–water partition coefficient (Wildman–Crippen LogP) is 4.15. The number of pyridine rings is 1. The van der Waals surface area contributed by atoms with Crippen LogP contribution in [0.5, 0.6) is 17.2 Å². The zero-order chi connectivity index (χ0) is 16.7. The Labute approximate surface area is 136 Å². The second kappa shape index (κ2) is 5.38. The molecule has 0 unspecified atom stereocenters. The van der Waals surface area contributed by atoms with Gasteiger partial charge in [-0.3, -0.25) is 9.78 Å². The topological polar surface area (TPSA) is 72.6 Å². The van der Waals surface area contributed by atoms with E-state index in [1.165, 1.54) is 12.1 Å². The lowest BCUT2D eigenvalue weighted by atomic mass is 10.2. The van der Waals surface area contributed by atoms with Gasteiger partial charge in [0, 0.05) is 29.8 Å². The molecule has 0 amide bonds. The van der Waals surface area contributed by atoms with Gasteiger partial charge in [0.15, 0.2) is 5.43 Å². The Morgan fingerprint density at radius 2 is 1.96 bits per heavy atom. The van der Waals surface area contributed by atoms with Crippen molar-refractivity contribution in [2.24, 2.45) is 0 Å². The van der Waals surface area contributed by atoms with Crippen LogP contribution >= 0.6 is 0 Å². The molecule has 5 heteroatoms.